The maximum Gasteiger partial charge on any atom is 0.417 e. The van der Waals surface area contributed by atoms with Crippen molar-refractivity contribution in [2.45, 2.75) is 32.5 Å². The average Bonchev–Trinajstić information content (AvgIpc) is 3.52. The number of halogens is 4. The standard InChI is InChI=1S/C24H20ClF3N6O/c1-12-6-21(22-31-18-9-16(24(26,27)28)17(25)10-19(18)32-22)33(11-12)23(35)15-7-13(2)14(3)8-20(15)34-29-4-5-30-34/h4-5,7-10,21H,1,6,11H2,2-3H3,(H,31,32). The van der Waals surface area contributed by atoms with Gasteiger partial charge in [-0.25, -0.2) is 4.98 Å². The third-order valence-electron chi connectivity index (χ3n) is 6.20. The van der Waals surface area contributed by atoms with Crippen molar-refractivity contribution in [3.05, 3.63) is 81.9 Å². The van der Waals surface area contributed by atoms with Gasteiger partial charge in [0.2, 0.25) is 0 Å². The molecule has 2 aromatic heterocycles. The van der Waals surface area contributed by atoms with Gasteiger partial charge in [0.05, 0.1) is 51.3 Å². The van der Waals surface area contributed by atoms with E-state index in [0.29, 0.717) is 23.5 Å². The number of hydrogen-bond donors (Lipinski definition) is 1. The lowest BCUT2D eigenvalue weighted by molar-refractivity contribution is -0.137. The first-order chi connectivity index (χ1) is 16.5. The number of imidazole rings is 1. The van der Waals surface area contributed by atoms with E-state index in [4.69, 9.17) is 11.6 Å². The summed E-state index contributed by atoms with van der Waals surface area (Å²) in [6, 6.07) is 5.23. The smallest absolute Gasteiger partial charge is 0.340 e. The number of H-pyrrole nitrogens is 1. The summed E-state index contributed by atoms with van der Waals surface area (Å²) in [5, 5.41) is 7.92. The second kappa shape index (κ2) is 8.23. The van der Waals surface area contributed by atoms with Gasteiger partial charge in [-0.2, -0.15) is 28.2 Å². The van der Waals surface area contributed by atoms with Crippen LogP contribution in [-0.4, -0.2) is 42.3 Å². The first kappa shape index (κ1) is 23.1. The predicted molar refractivity (Wildman–Crippen MR) is 124 cm³/mol. The molecule has 0 radical (unpaired) electrons. The highest BCUT2D eigenvalue weighted by Gasteiger charge is 2.37. The second-order valence-electron chi connectivity index (χ2n) is 8.64. The van der Waals surface area contributed by atoms with Gasteiger partial charge in [0, 0.05) is 6.54 Å². The molecule has 180 valence electrons. The van der Waals surface area contributed by atoms with Crippen molar-refractivity contribution in [1.29, 1.82) is 0 Å². The van der Waals surface area contributed by atoms with Crippen molar-refractivity contribution in [1.82, 2.24) is 29.9 Å². The Morgan fingerprint density at radius 3 is 2.51 bits per heavy atom. The van der Waals surface area contributed by atoms with Gasteiger partial charge in [-0.3, -0.25) is 4.79 Å². The Kier molecular flexibility index (Phi) is 5.43. The molecule has 1 atom stereocenters. The zero-order chi connectivity index (χ0) is 25.1. The van der Waals surface area contributed by atoms with Crippen molar-refractivity contribution in [2.75, 3.05) is 6.54 Å². The summed E-state index contributed by atoms with van der Waals surface area (Å²) in [7, 11) is 0. The number of nitrogens with one attached hydrogen (secondary N) is 1. The SMILES string of the molecule is C=C1CC(c2nc3cc(Cl)c(C(F)(F)F)cc3[nH]2)N(C(=O)c2cc(C)c(C)cc2-n2nccn2)C1. The average molecular weight is 501 g/mol. The number of carbonyl (C=O) groups excluding carboxylic acids is 1. The van der Waals surface area contributed by atoms with E-state index in [1.165, 1.54) is 23.3 Å². The number of amides is 1. The van der Waals surface area contributed by atoms with E-state index in [0.717, 1.165) is 22.8 Å². The van der Waals surface area contributed by atoms with Crippen LogP contribution in [0.15, 0.2) is 48.8 Å². The van der Waals surface area contributed by atoms with Crippen LogP contribution in [-0.2, 0) is 6.18 Å². The molecule has 11 heteroatoms. The lowest BCUT2D eigenvalue weighted by Crippen LogP contribution is -2.32. The minimum Gasteiger partial charge on any atom is -0.340 e. The van der Waals surface area contributed by atoms with Crippen LogP contribution in [0, 0.1) is 13.8 Å². The van der Waals surface area contributed by atoms with Gasteiger partial charge < -0.3 is 9.88 Å². The van der Waals surface area contributed by atoms with Gasteiger partial charge in [-0.15, -0.1) is 0 Å². The number of nitrogens with zero attached hydrogens (tertiary/aromatic N) is 5. The summed E-state index contributed by atoms with van der Waals surface area (Å²) in [5.41, 5.74) is 3.18. The zero-order valence-electron chi connectivity index (χ0n) is 18.8. The van der Waals surface area contributed by atoms with Gasteiger partial charge in [-0.05, 0) is 55.7 Å². The fraction of sp³-hybridized carbons (Fsp3) is 0.250. The van der Waals surface area contributed by atoms with Crippen molar-refractivity contribution >= 4 is 28.5 Å². The van der Waals surface area contributed by atoms with Crippen LogP contribution >= 0.6 is 11.6 Å². The largest absolute Gasteiger partial charge is 0.417 e. The summed E-state index contributed by atoms with van der Waals surface area (Å²) in [5.74, 6) is 0.0866. The van der Waals surface area contributed by atoms with E-state index >= 15 is 0 Å². The van der Waals surface area contributed by atoms with E-state index in [9.17, 15) is 18.0 Å². The Morgan fingerprint density at radius 1 is 1.14 bits per heavy atom. The number of benzene rings is 2. The minimum absolute atomic E-state index is 0.189. The van der Waals surface area contributed by atoms with Crippen LogP contribution in [0.5, 0.6) is 0 Å². The van der Waals surface area contributed by atoms with Gasteiger partial charge in [0.15, 0.2) is 0 Å². The van der Waals surface area contributed by atoms with Crippen LogP contribution in [0.4, 0.5) is 13.2 Å². The van der Waals surface area contributed by atoms with E-state index < -0.39 is 22.8 Å². The van der Waals surface area contributed by atoms with E-state index in [2.05, 4.69) is 26.7 Å². The zero-order valence-corrected chi connectivity index (χ0v) is 19.6. The molecule has 3 heterocycles. The van der Waals surface area contributed by atoms with Crippen molar-refractivity contribution in [2.24, 2.45) is 0 Å². The number of likely N-dealkylation sites (tertiary alicyclic amines) is 1. The molecule has 2 aromatic carbocycles. The van der Waals surface area contributed by atoms with Gasteiger partial charge in [0.1, 0.15) is 5.82 Å². The lowest BCUT2D eigenvalue weighted by Gasteiger charge is -2.24. The number of aromatic nitrogens is 5. The number of rotatable bonds is 3. The normalized spacial score (nSPS) is 16.5. The highest BCUT2D eigenvalue weighted by Crippen LogP contribution is 2.39. The molecule has 1 N–H and O–H groups in total. The first-order valence-electron chi connectivity index (χ1n) is 10.7. The predicted octanol–water partition coefficient (Wildman–Crippen LogP) is 5.58. The Morgan fingerprint density at radius 2 is 1.83 bits per heavy atom. The molecule has 5 rings (SSSR count). The molecule has 1 fully saturated rings. The summed E-state index contributed by atoms with van der Waals surface area (Å²) in [6.45, 7) is 8.17. The monoisotopic (exact) mass is 500 g/mol. The fourth-order valence-electron chi connectivity index (χ4n) is 4.32. The highest BCUT2D eigenvalue weighted by molar-refractivity contribution is 6.32. The Bertz CT molecular complexity index is 1470. The van der Waals surface area contributed by atoms with Gasteiger partial charge >= 0.3 is 6.18 Å². The molecule has 35 heavy (non-hydrogen) atoms. The molecular weight excluding hydrogens is 481 g/mol. The third kappa shape index (κ3) is 4.07. The van der Waals surface area contributed by atoms with E-state index in [1.807, 2.05) is 19.9 Å². The molecule has 0 spiro atoms. The number of aromatic amines is 1. The number of hydrogen-bond acceptors (Lipinski definition) is 4. The minimum atomic E-state index is -4.60. The number of carbonyl (C=O) groups is 1. The van der Waals surface area contributed by atoms with Crippen molar-refractivity contribution in [3.8, 4) is 5.69 Å². The molecule has 4 aromatic rings. The number of aryl methyl sites for hydroxylation is 2. The Balaban J connectivity index is 1.57. The second-order valence-corrected chi connectivity index (χ2v) is 9.05. The molecule has 0 bridgehead atoms. The van der Waals surface area contributed by atoms with Gasteiger partial charge in [-0.1, -0.05) is 23.8 Å². The van der Waals surface area contributed by atoms with E-state index in [1.54, 1.807) is 11.0 Å². The topological polar surface area (TPSA) is 79.7 Å². The van der Waals surface area contributed by atoms with Crippen LogP contribution in [0.25, 0.3) is 16.7 Å². The first-order valence-corrected chi connectivity index (χ1v) is 11.1. The quantitative estimate of drug-likeness (QED) is 0.373. The molecule has 1 amide bonds. The third-order valence-corrected chi connectivity index (χ3v) is 6.51. The van der Waals surface area contributed by atoms with Crippen molar-refractivity contribution < 1.29 is 18.0 Å². The van der Waals surface area contributed by atoms with Gasteiger partial charge in [0.25, 0.3) is 5.91 Å². The van der Waals surface area contributed by atoms with Crippen LogP contribution in [0.1, 0.15) is 45.3 Å². The maximum atomic E-state index is 13.8. The molecular formula is C24H20ClF3N6O. The van der Waals surface area contributed by atoms with E-state index in [-0.39, 0.29) is 23.5 Å². The molecule has 0 aliphatic carbocycles. The maximum absolute atomic E-state index is 13.8. The Hall–Kier alpha value is -3.66. The highest BCUT2D eigenvalue weighted by atomic mass is 35.5. The molecule has 1 saturated heterocycles. The summed E-state index contributed by atoms with van der Waals surface area (Å²) < 4.78 is 39.9. The van der Waals surface area contributed by atoms with Crippen molar-refractivity contribution in [3.63, 3.8) is 0 Å². The molecule has 0 saturated carbocycles. The Labute approximate surface area is 203 Å². The summed E-state index contributed by atoms with van der Waals surface area (Å²) in [4.78, 5) is 24.3. The fourth-order valence-corrected chi connectivity index (χ4v) is 4.58. The molecule has 1 aliphatic heterocycles. The van der Waals surface area contributed by atoms with Crippen LogP contribution in [0.2, 0.25) is 5.02 Å². The lowest BCUT2D eigenvalue weighted by atomic mass is 10.0. The summed E-state index contributed by atoms with van der Waals surface area (Å²) >= 11 is 5.87. The number of alkyl halides is 3. The molecule has 1 unspecified atom stereocenters. The van der Waals surface area contributed by atoms with Crippen LogP contribution < -0.4 is 0 Å². The van der Waals surface area contributed by atoms with Crippen LogP contribution in [0.3, 0.4) is 0 Å². The number of fused-ring (bicyclic) bond motifs is 1. The summed E-state index contributed by atoms with van der Waals surface area (Å²) in [6.07, 6.45) is -1.12. The molecule has 1 aliphatic rings. The molecule has 7 nitrogen and oxygen atoms in total.